The molecule has 0 radical (unpaired) electrons. The summed E-state index contributed by atoms with van der Waals surface area (Å²) in [7, 11) is 1.97. The first-order valence-electron chi connectivity index (χ1n) is 6.02. The molecule has 0 fully saturated rings. The number of rotatable bonds is 3. The van der Waals surface area contributed by atoms with Gasteiger partial charge in [0, 0.05) is 17.9 Å². The molecule has 1 heterocycles. The SMILES string of the molecule is CNCc1cc(-c2ccc(C)c(C)c2)[nH]c1C. The lowest BCUT2D eigenvalue weighted by Gasteiger charge is -2.03. The molecular formula is C15H20N2. The van der Waals surface area contributed by atoms with Gasteiger partial charge in [0.1, 0.15) is 0 Å². The number of H-pyrrole nitrogens is 1. The summed E-state index contributed by atoms with van der Waals surface area (Å²) >= 11 is 0. The van der Waals surface area contributed by atoms with Crippen molar-refractivity contribution in [1.29, 1.82) is 0 Å². The highest BCUT2D eigenvalue weighted by molar-refractivity contribution is 5.63. The smallest absolute Gasteiger partial charge is 0.0459 e. The molecule has 0 amide bonds. The molecule has 2 aromatic rings. The highest BCUT2D eigenvalue weighted by Gasteiger charge is 2.06. The highest BCUT2D eigenvalue weighted by atomic mass is 14.8. The zero-order chi connectivity index (χ0) is 12.4. The molecule has 0 unspecified atom stereocenters. The van der Waals surface area contributed by atoms with E-state index in [4.69, 9.17) is 0 Å². The molecule has 17 heavy (non-hydrogen) atoms. The normalized spacial score (nSPS) is 10.8. The zero-order valence-electron chi connectivity index (χ0n) is 11.0. The van der Waals surface area contributed by atoms with Crippen LogP contribution in [0.4, 0.5) is 0 Å². The Morgan fingerprint density at radius 1 is 1.06 bits per heavy atom. The third kappa shape index (κ3) is 2.42. The maximum absolute atomic E-state index is 3.45. The van der Waals surface area contributed by atoms with Crippen molar-refractivity contribution >= 4 is 0 Å². The molecule has 0 atom stereocenters. The van der Waals surface area contributed by atoms with Crippen molar-refractivity contribution in [3.8, 4) is 11.3 Å². The Balaban J connectivity index is 2.39. The average molecular weight is 228 g/mol. The van der Waals surface area contributed by atoms with Crippen molar-refractivity contribution in [2.45, 2.75) is 27.3 Å². The van der Waals surface area contributed by atoms with Gasteiger partial charge in [0.15, 0.2) is 0 Å². The predicted molar refractivity (Wildman–Crippen MR) is 73.2 cm³/mol. The average Bonchev–Trinajstić information content (AvgIpc) is 2.65. The molecule has 90 valence electrons. The van der Waals surface area contributed by atoms with Crippen molar-refractivity contribution in [1.82, 2.24) is 10.3 Å². The Hall–Kier alpha value is -1.54. The third-order valence-electron chi connectivity index (χ3n) is 3.31. The third-order valence-corrected chi connectivity index (χ3v) is 3.31. The van der Waals surface area contributed by atoms with Gasteiger partial charge in [0.2, 0.25) is 0 Å². The number of aromatic nitrogens is 1. The second-order valence-electron chi connectivity index (χ2n) is 4.66. The van der Waals surface area contributed by atoms with Gasteiger partial charge in [-0.25, -0.2) is 0 Å². The van der Waals surface area contributed by atoms with E-state index in [1.807, 2.05) is 7.05 Å². The lowest BCUT2D eigenvalue weighted by atomic mass is 10.0. The van der Waals surface area contributed by atoms with Gasteiger partial charge >= 0.3 is 0 Å². The van der Waals surface area contributed by atoms with Gasteiger partial charge in [0.25, 0.3) is 0 Å². The molecular weight excluding hydrogens is 208 g/mol. The first-order chi connectivity index (χ1) is 8.11. The van der Waals surface area contributed by atoms with Gasteiger partial charge in [-0.05, 0) is 62.2 Å². The molecule has 2 rings (SSSR count). The minimum atomic E-state index is 0.910. The standard InChI is InChI=1S/C15H20N2/c1-10-5-6-13(7-11(10)2)15-8-14(9-16-4)12(3)17-15/h5-8,16-17H,9H2,1-4H3. The maximum atomic E-state index is 3.45. The fraction of sp³-hybridized carbons (Fsp3) is 0.333. The Labute approximate surface area is 103 Å². The summed E-state index contributed by atoms with van der Waals surface area (Å²) in [6.07, 6.45) is 0. The topological polar surface area (TPSA) is 27.8 Å². The van der Waals surface area contributed by atoms with Crippen molar-refractivity contribution in [3.05, 3.63) is 46.6 Å². The summed E-state index contributed by atoms with van der Waals surface area (Å²) in [6, 6.07) is 8.83. The van der Waals surface area contributed by atoms with Crippen LogP contribution < -0.4 is 5.32 Å². The van der Waals surface area contributed by atoms with Crippen LogP contribution in [-0.4, -0.2) is 12.0 Å². The van der Waals surface area contributed by atoms with Crippen LogP contribution >= 0.6 is 0 Å². The summed E-state index contributed by atoms with van der Waals surface area (Å²) in [5.41, 5.74) is 7.72. The first-order valence-corrected chi connectivity index (χ1v) is 6.02. The fourth-order valence-electron chi connectivity index (χ4n) is 2.04. The largest absolute Gasteiger partial charge is 0.358 e. The molecule has 2 nitrogen and oxygen atoms in total. The number of aromatic amines is 1. The second kappa shape index (κ2) is 4.76. The van der Waals surface area contributed by atoms with Crippen molar-refractivity contribution in [3.63, 3.8) is 0 Å². The molecule has 0 saturated carbocycles. The van der Waals surface area contributed by atoms with Crippen LogP contribution in [0.15, 0.2) is 24.3 Å². The monoisotopic (exact) mass is 228 g/mol. The molecule has 1 aromatic carbocycles. The van der Waals surface area contributed by atoms with E-state index >= 15 is 0 Å². The summed E-state index contributed by atoms with van der Waals surface area (Å²) in [4.78, 5) is 3.45. The molecule has 1 aromatic heterocycles. The van der Waals surface area contributed by atoms with E-state index in [1.165, 1.54) is 33.6 Å². The van der Waals surface area contributed by atoms with Crippen LogP contribution in [0.1, 0.15) is 22.4 Å². The lowest BCUT2D eigenvalue weighted by molar-refractivity contribution is 0.812. The van der Waals surface area contributed by atoms with Gasteiger partial charge in [-0.3, -0.25) is 0 Å². The second-order valence-corrected chi connectivity index (χ2v) is 4.66. The number of aryl methyl sites for hydroxylation is 3. The van der Waals surface area contributed by atoms with E-state index in [2.05, 4.69) is 55.3 Å². The van der Waals surface area contributed by atoms with Gasteiger partial charge in [0.05, 0.1) is 0 Å². The van der Waals surface area contributed by atoms with Crippen LogP contribution in [0.3, 0.4) is 0 Å². The van der Waals surface area contributed by atoms with Crippen LogP contribution in [0.2, 0.25) is 0 Å². The molecule has 0 saturated heterocycles. The minimum Gasteiger partial charge on any atom is -0.358 e. The van der Waals surface area contributed by atoms with Crippen LogP contribution in [-0.2, 0) is 6.54 Å². The predicted octanol–water partition coefficient (Wildman–Crippen LogP) is 3.33. The van der Waals surface area contributed by atoms with Gasteiger partial charge < -0.3 is 10.3 Å². The van der Waals surface area contributed by atoms with Crippen molar-refractivity contribution in [2.75, 3.05) is 7.05 Å². The van der Waals surface area contributed by atoms with E-state index in [0.717, 1.165) is 6.54 Å². The van der Waals surface area contributed by atoms with Crippen molar-refractivity contribution in [2.24, 2.45) is 0 Å². The van der Waals surface area contributed by atoms with Gasteiger partial charge in [-0.1, -0.05) is 12.1 Å². The Kier molecular flexibility index (Phi) is 3.34. The van der Waals surface area contributed by atoms with E-state index in [9.17, 15) is 0 Å². The van der Waals surface area contributed by atoms with E-state index in [1.54, 1.807) is 0 Å². The summed E-state index contributed by atoms with van der Waals surface area (Å²) in [5.74, 6) is 0. The van der Waals surface area contributed by atoms with Crippen LogP contribution in [0.5, 0.6) is 0 Å². The van der Waals surface area contributed by atoms with Crippen molar-refractivity contribution < 1.29 is 0 Å². The molecule has 0 aliphatic carbocycles. The van der Waals surface area contributed by atoms with Gasteiger partial charge in [-0.2, -0.15) is 0 Å². The first kappa shape index (κ1) is 11.9. The molecule has 0 aliphatic rings. The number of benzene rings is 1. The van der Waals surface area contributed by atoms with E-state index in [-0.39, 0.29) is 0 Å². The Bertz CT molecular complexity index is 524. The summed E-state index contributed by atoms with van der Waals surface area (Å²) < 4.78 is 0. The Morgan fingerprint density at radius 2 is 1.82 bits per heavy atom. The Morgan fingerprint density at radius 3 is 2.47 bits per heavy atom. The van der Waals surface area contributed by atoms with E-state index in [0.29, 0.717) is 0 Å². The fourth-order valence-corrected chi connectivity index (χ4v) is 2.04. The number of nitrogens with one attached hydrogen (secondary N) is 2. The highest BCUT2D eigenvalue weighted by Crippen LogP contribution is 2.23. The zero-order valence-corrected chi connectivity index (χ0v) is 11.0. The molecule has 0 aliphatic heterocycles. The summed E-state index contributed by atoms with van der Waals surface area (Å²) in [5, 5.41) is 3.19. The number of hydrogen-bond donors (Lipinski definition) is 2. The van der Waals surface area contributed by atoms with E-state index < -0.39 is 0 Å². The van der Waals surface area contributed by atoms with Crippen LogP contribution in [0, 0.1) is 20.8 Å². The van der Waals surface area contributed by atoms with Crippen LogP contribution in [0.25, 0.3) is 11.3 Å². The quantitative estimate of drug-likeness (QED) is 0.828. The summed E-state index contributed by atoms with van der Waals surface area (Å²) in [6.45, 7) is 7.33. The minimum absolute atomic E-state index is 0.910. The lowest BCUT2D eigenvalue weighted by Crippen LogP contribution is -2.04. The van der Waals surface area contributed by atoms with Gasteiger partial charge in [-0.15, -0.1) is 0 Å². The number of hydrogen-bond acceptors (Lipinski definition) is 1. The molecule has 2 heteroatoms. The maximum Gasteiger partial charge on any atom is 0.0459 e. The molecule has 0 spiro atoms. The molecule has 0 bridgehead atoms. The molecule has 2 N–H and O–H groups in total.